The first kappa shape index (κ1) is 15.0. The number of benzene rings is 2. The van der Waals surface area contributed by atoms with Crippen LogP contribution in [0.3, 0.4) is 0 Å². The lowest BCUT2D eigenvalue weighted by molar-refractivity contribution is 0.0734. The van der Waals surface area contributed by atoms with E-state index in [0.29, 0.717) is 15.9 Å². The molecule has 2 aromatic carbocycles. The SMILES string of the molecule is O=C(Oc1ccc(C2SCCS2)cc1)c1ccccc1Br. The Hall–Kier alpha value is -0.910. The fourth-order valence-corrected chi connectivity index (χ4v) is 5.34. The molecular weight excluding hydrogens is 368 g/mol. The summed E-state index contributed by atoms with van der Waals surface area (Å²) in [7, 11) is 0. The smallest absolute Gasteiger partial charge is 0.344 e. The van der Waals surface area contributed by atoms with Crippen molar-refractivity contribution in [3.05, 3.63) is 64.1 Å². The molecule has 0 radical (unpaired) electrons. The van der Waals surface area contributed by atoms with Gasteiger partial charge in [0.15, 0.2) is 0 Å². The van der Waals surface area contributed by atoms with Gasteiger partial charge >= 0.3 is 5.97 Å². The first-order valence-electron chi connectivity index (χ1n) is 6.54. The first-order valence-corrected chi connectivity index (χ1v) is 9.43. The van der Waals surface area contributed by atoms with Crippen LogP contribution in [0.5, 0.6) is 5.75 Å². The molecule has 1 aliphatic heterocycles. The molecule has 0 N–H and O–H groups in total. The molecule has 1 aliphatic rings. The highest BCUT2D eigenvalue weighted by Crippen LogP contribution is 2.45. The van der Waals surface area contributed by atoms with Crippen molar-refractivity contribution in [2.45, 2.75) is 4.58 Å². The summed E-state index contributed by atoms with van der Waals surface area (Å²) in [6, 6.07) is 15.1. The van der Waals surface area contributed by atoms with E-state index in [1.165, 1.54) is 17.1 Å². The van der Waals surface area contributed by atoms with E-state index in [1.54, 1.807) is 6.07 Å². The summed E-state index contributed by atoms with van der Waals surface area (Å²) in [5, 5.41) is 0. The van der Waals surface area contributed by atoms with E-state index in [2.05, 4.69) is 15.9 Å². The molecule has 21 heavy (non-hydrogen) atoms. The molecule has 0 aliphatic carbocycles. The number of carbonyl (C=O) groups excluding carboxylic acids is 1. The Labute approximate surface area is 140 Å². The van der Waals surface area contributed by atoms with Crippen LogP contribution < -0.4 is 4.74 Å². The van der Waals surface area contributed by atoms with Crippen LogP contribution in [0.4, 0.5) is 0 Å². The number of ether oxygens (including phenoxy) is 1. The third-order valence-corrected chi connectivity index (χ3v) is 6.87. The standard InChI is InChI=1S/C16H13BrO2S2/c17-14-4-2-1-3-13(14)15(18)19-12-7-5-11(6-8-12)16-20-9-10-21-16/h1-8,16H,9-10H2. The molecule has 0 bridgehead atoms. The Morgan fingerprint density at radius 3 is 2.38 bits per heavy atom. The zero-order chi connectivity index (χ0) is 14.7. The molecular formula is C16H13BrO2S2. The molecule has 0 amide bonds. The van der Waals surface area contributed by atoms with Crippen LogP contribution in [0.25, 0.3) is 0 Å². The Morgan fingerprint density at radius 2 is 1.71 bits per heavy atom. The summed E-state index contributed by atoms with van der Waals surface area (Å²) in [6.07, 6.45) is 0. The highest BCUT2D eigenvalue weighted by atomic mass is 79.9. The van der Waals surface area contributed by atoms with Gasteiger partial charge in [-0.3, -0.25) is 0 Å². The number of thioether (sulfide) groups is 2. The summed E-state index contributed by atoms with van der Waals surface area (Å²) >= 11 is 7.29. The largest absolute Gasteiger partial charge is 0.423 e. The predicted octanol–water partition coefficient (Wildman–Crippen LogP) is 5.15. The van der Waals surface area contributed by atoms with E-state index in [-0.39, 0.29) is 5.97 Å². The number of halogens is 1. The second-order valence-electron chi connectivity index (χ2n) is 4.51. The Balaban J connectivity index is 1.70. The lowest BCUT2D eigenvalue weighted by Gasteiger charge is -2.10. The molecule has 2 nitrogen and oxygen atoms in total. The number of hydrogen-bond acceptors (Lipinski definition) is 4. The van der Waals surface area contributed by atoms with E-state index in [1.807, 2.05) is 66.0 Å². The van der Waals surface area contributed by atoms with Crippen molar-refractivity contribution in [2.24, 2.45) is 0 Å². The van der Waals surface area contributed by atoms with Crippen LogP contribution in [-0.2, 0) is 0 Å². The van der Waals surface area contributed by atoms with Crippen molar-refractivity contribution in [3.8, 4) is 5.75 Å². The Morgan fingerprint density at radius 1 is 1.05 bits per heavy atom. The average molecular weight is 381 g/mol. The van der Waals surface area contributed by atoms with E-state index < -0.39 is 0 Å². The molecule has 1 heterocycles. The average Bonchev–Trinajstić information content (AvgIpc) is 3.02. The van der Waals surface area contributed by atoms with Gasteiger partial charge in [-0.25, -0.2) is 4.79 Å². The molecule has 3 rings (SSSR count). The van der Waals surface area contributed by atoms with Crippen molar-refractivity contribution in [2.75, 3.05) is 11.5 Å². The second kappa shape index (κ2) is 6.90. The van der Waals surface area contributed by atoms with Crippen LogP contribution >= 0.6 is 39.5 Å². The van der Waals surface area contributed by atoms with Gasteiger partial charge in [-0.2, -0.15) is 0 Å². The highest BCUT2D eigenvalue weighted by molar-refractivity contribution is 9.10. The van der Waals surface area contributed by atoms with E-state index in [4.69, 9.17) is 4.74 Å². The molecule has 1 fully saturated rings. The maximum Gasteiger partial charge on any atom is 0.344 e. The minimum absolute atomic E-state index is 0.347. The Kier molecular flexibility index (Phi) is 4.93. The third kappa shape index (κ3) is 3.65. The number of esters is 1. The van der Waals surface area contributed by atoms with E-state index in [9.17, 15) is 4.79 Å². The molecule has 2 aromatic rings. The van der Waals surface area contributed by atoms with Crippen LogP contribution in [0, 0.1) is 0 Å². The number of hydrogen-bond donors (Lipinski definition) is 0. The minimum atomic E-state index is -0.347. The van der Waals surface area contributed by atoms with Crippen LogP contribution in [0.15, 0.2) is 53.0 Å². The molecule has 0 saturated carbocycles. The Bertz CT molecular complexity index is 637. The maximum atomic E-state index is 12.1. The van der Waals surface area contributed by atoms with Gasteiger partial charge in [-0.15, -0.1) is 23.5 Å². The van der Waals surface area contributed by atoms with Gasteiger partial charge in [0.25, 0.3) is 0 Å². The lowest BCUT2D eigenvalue weighted by atomic mass is 10.2. The topological polar surface area (TPSA) is 26.3 Å². The van der Waals surface area contributed by atoms with Gasteiger partial charge in [-0.1, -0.05) is 24.3 Å². The summed E-state index contributed by atoms with van der Waals surface area (Å²) in [6.45, 7) is 0. The summed E-state index contributed by atoms with van der Waals surface area (Å²) in [5.41, 5.74) is 1.81. The summed E-state index contributed by atoms with van der Waals surface area (Å²) < 4.78 is 6.67. The van der Waals surface area contributed by atoms with Gasteiger partial charge in [0.05, 0.1) is 10.1 Å². The molecule has 0 atom stereocenters. The summed E-state index contributed by atoms with van der Waals surface area (Å²) in [5.74, 6) is 2.63. The maximum absolute atomic E-state index is 12.1. The van der Waals surface area contributed by atoms with Gasteiger partial charge in [-0.05, 0) is 45.8 Å². The van der Waals surface area contributed by atoms with Gasteiger partial charge in [0, 0.05) is 16.0 Å². The van der Waals surface area contributed by atoms with Gasteiger partial charge < -0.3 is 4.74 Å². The molecule has 108 valence electrons. The van der Waals surface area contributed by atoms with Gasteiger partial charge in [0.2, 0.25) is 0 Å². The normalized spacial score (nSPS) is 15.1. The zero-order valence-corrected chi connectivity index (χ0v) is 14.3. The third-order valence-electron chi connectivity index (χ3n) is 3.08. The minimum Gasteiger partial charge on any atom is -0.423 e. The molecule has 5 heteroatoms. The molecule has 1 saturated heterocycles. The van der Waals surface area contributed by atoms with Crippen molar-refractivity contribution >= 4 is 45.4 Å². The van der Waals surface area contributed by atoms with Crippen LogP contribution in [0.1, 0.15) is 20.5 Å². The molecule has 0 unspecified atom stereocenters. The van der Waals surface area contributed by atoms with Gasteiger partial charge in [0.1, 0.15) is 5.75 Å². The fraction of sp³-hybridized carbons (Fsp3) is 0.188. The lowest BCUT2D eigenvalue weighted by Crippen LogP contribution is -2.09. The monoisotopic (exact) mass is 380 g/mol. The van der Waals surface area contributed by atoms with Crippen molar-refractivity contribution in [3.63, 3.8) is 0 Å². The molecule has 0 aromatic heterocycles. The van der Waals surface area contributed by atoms with Crippen molar-refractivity contribution < 1.29 is 9.53 Å². The fourth-order valence-electron chi connectivity index (χ4n) is 2.03. The van der Waals surface area contributed by atoms with Crippen LogP contribution in [0.2, 0.25) is 0 Å². The highest BCUT2D eigenvalue weighted by Gasteiger charge is 2.18. The van der Waals surface area contributed by atoms with E-state index in [0.717, 1.165) is 4.47 Å². The van der Waals surface area contributed by atoms with Crippen molar-refractivity contribution in [1.29, 1.82) is 0 Å². The second-order valence-corrected chi connectivity index (χ2v) is 8.09. The zero-order valence-electron chi connectivity index (χ0n) is 11.1. The van der Waals surface area contributed by atoms with E-state index >= 15 is 0 Å². The summed E-state index contributed by atoms with van der Waals surface area (Å²) in [4.78, 5) is 12.1. The number of rotatable bonds is 3. The number of carbonyl (C=O) groups is 1. The first-order chi connectivity index (χ1) is 10.2. The van der Waals surface area contributed by atoms with Crippen molar-refractivity contribution in [1.82, 2.24) is 0 Å². The molecule has 0 spiro atoms. The predicted molar refractivity (Wildman–Crippen MR) is 93.2 cm³/mol. The van der Waals surface area contributed by atoms with Crippen LogP contribution in [-0.4, -0.2) is 17.5 Å². The quantitative estimate of drug-likeness (QED) is 0.543.